The number of urea groups is 1. The van der Waals surface area contributed by atoms with E-state index >= 15 is 0 Å². The van der Waals surface area contributed by atoms with E-state index in [1.54, 1.807) is 18.3 Å². The predicted octanol–water partition coefficient (Wildman–Crippen LogP) is 3.06. The summed E-state index contributed by atoms with van der Waals surface area (Å²) in [4.78, 5) is 25.0. The lowest BCUT2D eigenvalue weighted by molar-refractivity contribution is -0.119. The van der Waals surface area contributed by atoms with Gasteiger partial charge >= 0.3 is 6.03 Å². The minimum Gasteiger partial charge on any atom is -0.336 e. The van der Waals surface area contributed by atoms with Crippen molar-refractivity contribution in [3.63, 3.8) is 0 Å². The van der Waals surface area contributed by atoms with E-state index in [9.17, 15) is 9.59 Å². The fourth-order valence-corrected chi connectivity index (χ4v) is 3.94. The number of amides is 3. The molecule has 0 unspecified atom stereocenters. The van der Waals surface area contributed by atoms with Crippen LogP contribution in [0.2, 0.25) is 0 Å². The Bertz CT molecular complexity index is 753. The fraction of sp³-hybridized carbons (Fsp3) is 0.500. The summed E-state index contributed by atoms with van der Waals surface area (Å²) in [5.41, 5.74) is 0. The second-order valence-corrected chi connectivity index (χ2v) is 8.52. The van der Waals surface area contributed by atoms with E-state index in [2.05, 4.69) is 25.4 Å². The SMILES string of the molecule is CC(C)NC(=O)NC(=O)[C@H](C)Sc1nnc(-c2cccs2)n1C1CC1. The molecular weight excluding hydrogens is 358 g/mol. The number of imide groups is 1. The van der Waals surface area contributed by atoms with Crippen LogP contribution in [-0.4, -0.2) is 38.0 Å². The molecule has 25 heavy (non-hydrogen) atoms. The first-order valence-electron chi connectivity index (χ1n) is 8.22. The number of hydrogen-bond acceptors (Lipinski definition) is 6. The van der Waals surface area contributed by atoms with Gasteiger partial charge < -0.3 is 5.32 Å². The van der Waals surface area contributed by atoms with Crippen LogP contribution in [0.4, 0.5) is 4.79 Å². The molecule has 2 N–H and O–H groups in total. The Morgan fingerprint density at radius 1 is 1.32 bits per heavy atom. The quantitative estimate of drug-likeness (QED) is 0.753. The van der Waals surface area contributed by atoms with Crippen LogP contribution >= 0.6 is 23.1 Å². The number of carbonyl (C=O) groups excluding carboxylic acids is 2. The molecule has 1 atom stereocenters. The van der Waals surface area contributed by atoms with Gasteiger partial charge in [0.2, 0.25) is 5.91 Å². The maximum absolute atomic E-state index is 12.2. The van der Waals surface area contributed by atoms with E-state index in [0.717, 1.165) is 28.7 Å². The van der Waals surface area contributed by atoms with Gasteiger partial charge in [-0.05, 0) is 45.1 Å². The lowest BCUT2D eigenvalue weighted by atomic mass is 10.4. The lowest BCUT2D eigenvalue weighted by Gasteiger charge is -2.14. The Hall–Kier alpha value is -1.87. The van der Waals surface area contributed by atoms with Crippen LogP contribution < -0.4 is 10.6 Å². The van der Waals surface area contributed by atoms with Gasteiger partial charge in [-0.3, -0.25) is 14.7 Å². The van der Waals surface area contributed by atoms with Crippen molar-refractivity contribution in [1.29, 1.82) is 0 Å². The van der Waals surface area contributed by atoms with Gasteiger partial charge in [0.25, 0.3) is 0 Å². The third-order valence-electron chi connectivity index (χ3n) is 3.63. The molecule has 1 aliphatic carbocycles. The van der Waals surface area contributed by atoms with Gasteiger partial charge in [-0.2, -0.15) is 0 Å². The summed E-state index contributed by atoms with van der Waals surface area (Å²) in [6, 6.07) is 3.91. The highest BCUT2D eigenvalue weighted by Gasteiger charge is 2.32. The predicted molar refractivity (Wildman–Crippen MR) is 98.7 cm³/mol. The summed E-state index contributed by atoms with van der Waals surface area (Å²) in [6.07, 6.45) is 2.20. The summed E-state index contributed by atoms with van der Waals surface area (Å²) in [6.45, 7) is 5.44. The highest BCUT2D eigenvalue weighted by atomic mass is 32.2. The first kappa shape index (κ1) is 17.9. The monoisotopic (exact) mass is 379 g/mol. The largest absolute Gasteiger partial charge is 0.336 e. The van der Waals surface area contributed by atoms with Crippen molar-refractivity contribution in [3.8, 4) is 10.7 Å². The maximum Gasteiger partial charge on any atom is 0.321 e. The molecular formula is C16H21N5O2S2. The molecule has 1 fully saturated rings. The summed E-state index contributed by atoms with van der Waals surface area (Å²) in [5.74, 6) is 0.510. The smallest absolute Gasteiger partial charge is 0.321 e. The van der Waals surface area contributed by atoms with Crippen LogP contribution in [0.3, 0.4) is 0 Å². The molecule has 0 bridgehead atoms. The number of nitrogens with one attached hydrogen (secondary N) is 2. The zero-order chi connectivity index (χ0) is 18.0. The van der Waals surface area contributed by atoms with Gasteiger partial charge in [-0.1, -0.05) is 17.8 Å². The summed E-state index contributed by atoms with van der Waals surface area (Å²) >= 11 is 2.95. The van der Waals surface area contributed by atoms with E-state index in [1.807, 2.05) is 31.4 Å². The van der Waals surface area contributed by atoms with Crippen LogP contribution in [0.15, 0.2) is 22.7 Å². The average Bonchev–Trinajstić information content (AvgIpc) is 3.07. The Kier molecular flexibility index (Phi) is 5.43. The Morgan fingerprint density at radius 2 is 2.08 bits per heavy atom. The molecule has 0 saturated heterocycles. The Balaban J connectivity index is 1.70. The summed E-state index contributed by atoms with van der Waals surface area (Å²) in [7, 11) is 0. The normalized spacial score (nSPS) is 15.2. The lowest BCUT2D eigenvalue weighted by Crippen LogP contribution is -2.45. The molecule has 3 rings (SSSR count). The number of thioether (sulfide) groups is 1. The zero-order valence-corrected chi connectivity index (χ0v) is 16.0. The van der Waals surface area contributed by atoms with Crippen molar-refractivity contribution >= 4 is 35.0 Å². The van der Waals surface area contributed by atoms with Crippen molar-refractivity contribution in [2.24, 2.45) is 0 Å². The van der Waals surface area contributed by atoms with Crippen molar-refractivity contribution in [1.82, 2.24) is 25.4 Å². The number of carbonyl (C=O) groups is 2. The third kappa shape index (κ3) is 4.40. The molecule has 2 heterocycles. The molecule has 0 aromatic carbocycles. The highest BCUT2D eigenvalue weighted by Crippen LogP contribution is 2.42. The van der Waals surface area contributed by atoms with Gasteiger partial charge in [0, 0.05) is 12.1 Å². The molecule has 134 valence electrons. The van der Waals surface area contributed by atoms with Crippen molar-refractivity contribution in [2.45, 2.75) is 56.1 Å². The standard InChI is InChI=1S/C16H21N5O2S2/c1-9(2)17-15(23)18-14(22)10(3)25-16-20-19-13(12-5-4-8-24-12)21(16)11-6-7-11/h4-5,8-11H,6-7H2,1-3H3,(H2,17,18,22,23)/t10-/m0/s1. The van der Waals surface area contributed by atoms with Gasteiger partial charge in [0.1, 0.15) is 0 Å². The first-order chi connectivity index (χ1) is 12.0. The molecule has 1 saturated carbocycles. The van der Waals surface area contributed by atoms with Gasteiger partial charge in [-0.15, -0.1) is 21.5 Å². The molecule has 2 aromatic rings. The minimum atomic E-state index is -0.476. The average molecular weight is 380 g/mol. The number of thiophene rings is 1. The number of nitrogens with zero attached hydrogens (tertiary/aromatic N) is 3. The van der Waals surface area contributed by atoms with Gasteiger partial charge in [0.05, 0.1) is 10.1 Å². The topological polar surface area (TPSA) is 88.9 Å². The van der Waals surface area contributed by atoms with Crippen molar-refractivity contribution in [3.05, 3.63) is 17.5 Å². The van der Waals surface area contributed by atoms with Crippen LogP contribution in [0, 0.1) is 0 Å². The van der Waals surface area contributed by atoms with Crippen molar-refractivity contribution < 1.29 is 9.59 Å². The number of hydrogen-bond donors (Lipinski definition) is 2. The van der Waals surface area contributed by atoms with Crippen LogP contribution in [0.1, 0.15) is 39.7 Å². The molecule has 3 amide bonds. The Morgan fingerprint density at radius 3 is 2.68 bits per heavy atom. The zero-order valence-electron chi connectivity index (χ0n) is 14.4. The minimum absolute atomic E-state index is 0.0259. The van der Waals surface area contributed by atoms with Crippen LogP contribution in [0.5, 0.6) is 0 Å². The van der Waals surface area contributed by atoms with Crippen LogP contribution in [-0.2, 0) is 4.79 Å². The molecule has 2 aromatic heterocycles. The Labute approximate surface area is 154 Å². The summed E-state index contributed by atoms with van der Waals surface area (Å²) < 4.78 is 2.12. The van der Waals surface area contributed by atoms with Crippen molar-refractivity contribution in [2.75, 3.05) is 0 Å². The van der Waals surface area contributed by atoms with Crippen LogP contribution in [0.25, 0.3) is 10.7 Å². The third-order valence-corrected chi connectivity index (χ3v) is 5.55. The molecule has 1 aliphatic rings. The molecule has 0 aliphatic heterocycles. The molecule has 0 radical (unpaired) electrons. The van der Waals surface area contributed by atoms with E-state index in [4.69, 9.17) is 0 Å². The fourth-order valence-electron chi connectivity index (χ4n) is 2.32. The second-order valence-electron chi connectivity index (χ2n) is 6.26. The number of aromatic nitrogens is 3. The van der Waals surface area contributed by atoms with E-state index < -0.39 is 11.3 Å². The first-order valence-corrected chi connectivity index (χ1v) is 9.98. The number of rotatable bonds is 6. The highest BCUT2D eigenvalue weighted by molar-refractivity contribution is 8.00. The van der Waals surface area contributed by atoms with E-state index in [-0.39, 0.29) is 11.9 Å². The molecule has 7 nitrogen and oxygen atoms in total. The molecule has 0 spiro atoms. The molecule has 9 heteroatoms. The van der Waals surface area contributed by atoms with E-state index in [1.165, 1.54) is 11.8 Å². The van der Waals surface area contributed by atoms with E-state index in [0.29, 0.717) is 6.04 Å². The maximum atomic E-state index is 12.2. The van der Waals surface area contributed by atoms with Gasteiger partial charge in [0.15, 0.2) is 11.0 Å². The van der Waals surface area contributed by atoms with Gasteiger partial charge in [-0.25, -0.2) is 4.79 Å². The second kappa shape index (κ2) is 7.57. The summed E-state index contributed by atoms with van der Waals surface area (Å²) in [5, 5.41) is 15.9.